The van der Waals surface area contributed by atoms with Crippen molar-refractivity contribution in [2.75, 3.05) is 38.2 Å². The molecule has 0 spiro atoms. The summed E-state index contributed by atoms with van der Waals surface area (Å²) in [6.07, 6.45) is 1.75. The van der Waals surface area contributed by atoms with Crippen molar-refractivity contribution in [1.82, 2.24) is 9.47 Å². The lowest BCUT2D eigenvalue weighted by atomic mass is 9.94. The van der Waals surface area contributed by atoms with Crippen LogP contribution in [0.3, 0.4) is 0 Å². The van der Waals surface area contributed by atoms with Crippen LogP contribution in [0.1, 0.15) is 52.0 Å². The number of hydrogen-bond donors (Lipinski definition) is 0. The lowest BCUT2D eigenvalue weighted by Crippen LogP contribution is -2.43. The highest BCUT2D eigenvalue weighted by Crippen LogP contribution is 2.36. The van der Waals surface area contributed by atoms with Crippen molar-refractivity contribution < 1.29 is 13.9 Å². The van der Waals surface area contributed by atoms with Crippen molar-refractivity contribution in [2.45, 2.75) is 40.7 Å². The van der Waals surface area contributed by atoms with Gasteiger partial charge in [-0.3, -0.25) is 14.2 Å². The van der Waals surface area contributed by atoms with Crippen LogP contribution in [0.2, 0.25) is 0 Å². The molecule has 0 bridgehead atoms. The zero-order chi connectivity index (χ0) is 26.7. The van der Waals surface area contributed by atoms with E-state index in [0.29, 0.717) is 45.2 Å². The van der Waals surface area contributed by atoms with Gasteiger partial charge in [0.25, 0.3) is 11.5 Å². The molecule has 8 nitrogen and oxygen atoms in total. The largest absolute Gasteiger partial charge is 0.496 e. The Labute approximate surface area is 220 Å². The molecule has 3 aromatic rings. The van der Waals surface area contributed by atoms with Crippen molar-refractivity contribution in [3.05, 3.63) is 78.7 Å². The second-order valence-corrected chi connectivity index (χ2v) is 9.66. The van der Waals surface area contributed by atoms with Crippen LogP contribution in [0.5, 0.6) is 5.75 Å². The van der Waals surface area contributed by atoms with Gasteiger partial charge >= 0.3 is 0 Å². The summed E-state index contributed by atoms with van der Waals surface area (Å²) in [4.78, 5) is 36.7. The van der Waals surface area contributed by atoms with Gasteiger partial charge in [0, 0.05) is 43.9 Å². The summed E-state index contributed by atoms with van der Waals surface area (Å²) < 4.78 is 13.8. The van der Waals surface area contributed by atoms with Crippen molar-refractivity contribution in [3.63, 3.8) is 0 Å². The van der Waals surface area contributed by atoms with Crippen LogP contribution in [-0.4, -0.2) is 48.7 Å². The Bertz CT molecular complexity index is 1490. The molecule has 4 rings (SSSR count). The Hall–Kier alpha value is -3.59. The molecule has 0 fully saturated rings. The average Bonchev–Trinajstić information content (AvgIpc) is 3.48. The number of thiazole rings is 1. The van der Waals surface area contributed by atoms with Gasteiger partial charge in [-0.2, -0.15) is 0 Å². The number of likely N-dealkylation sites (N-methyl/N-ethyl adjacent to an activating group) is 1. The quantitative estimate of drug-likeness (QED) is 0.429. The number of allylic oxidation sites excluding steroid dienone is 1. The van der Waals surface area contributed by atoms with E-state index in [-0.39, 0.29) is 11.5 Å². The first kappa shape index (κ1) is 26.5. The smallest absolute Gasteiger partial charge is 0.271 e. The van der Waals surface area contributed by atoms with E-state index < -0.39 is 6.04 Å². The van der Waals surface area contributed by atoms with Crippen LogP contribution >= 0.6 is 11.3 Å². The Morgan fingerprint density at radius 2 is 1.81 bits per heavy atom. The maximum atomic E-state index is 13.9. The van der Waals surface area contributed by atoms with E-state index in [2.05, 4.69) is 18.7 Å². The number of nitrogens with zero attached hydrogens (tertiary/aromatic N) is 4. The molecule has 0 saturated carbocycles. The molecule has 0 N–H and O–H groups in total. The fourth-order valence-electron chi connectivity index (χ4n) is 4.72. The third-order valence-electron chi connectivity index (χ3n) is 6.70. The molecular weight excluding hydrogens is 488 g/mol. The Balaban J connectivity index is 1.92. The molecule has 1 atom stereocenters. The lowest BCUT2D eigenvalue weighted by molar-refractivity contribution is -0.127. The highest BCUT2D eigenvalue weighted by Gasteiger charge is 2.35. The minimum Gasteiger partial charge on any atom is -0.496 e. The van der Waals surface area contributed by atoms with Crippen LogP contribution in [0.25, 0.3) is 6.08 Å². The van der Waals surface area contributed by atoms with Crippen LogP contribution in [-0.2, 0) is 4.79 Å². The van der Waals surface area contributed by atoms with Gasteiger partial charge in [0.1, 0.15) is 17.6 Å². The minimum atomic E-state index is -0.662. The second-order valence-electron chi connectivity index (χ2n) is 8.65. The molecule has 1 amide bonds. The molecule has 0 aliphatic carbocycles. The standard InChI is InChI=1S/C28H34N4O4S/c1-7-30(8-2)23-16-15-19(36-23)17-22-26(33)32-25(20-13-11-12-14-21(20)35-6)24(18(5)29-28(32)37-22)27(34)31(9-3)10-4/h11-17,25H,7-10H2,1-6H3/b22-17+/t25-/m0/s1. The van der Waals surface area contributed by atoms with Gasteiger partial charge in [0.2, 0.25) is 0 Å². The van der Waals surface area contributed by atoms with Gasteiger partial charge in [0.15, 0.2) is 10.7 Å². The number of rotatable bonds is 9. The number of aromatic nitrogens is 1. The maximum absolute atomic E-state index is 13.9. The fraction of sp³-hybridized carbons (Fsp3) is 0.393. The van der Waals surface area contributed by atoms with E-state index in [1.807, 2.05) is 57.2 Å². The first-order chi connectivity index (χ1) is 17.9. The normalized spacial score (nSPS) is 15.4. The molecule has 0 unspecified atom stereocenters. The lowest BCUT2D eigenvalue weighted by Gasteiger charge is -2.29. The number of anilines is 1. The molecule has 9 heteroatoms. The summed E-state index contributed by atoms with van der Waals surface area (Å²) >= 11 is 1.29. The number of ether oxygens (including phenoxy) is 1. The van der Waals surface area contributed by atoms with Gasteiger partial charge in [0.05, 0.1) is 22.9 Å². The molecule has 196 valence electrons. The zero-order valence-electron chi connectivity index (χ0n) is 22.3. The minimum absolute atomic E-state index is 0.133. The van der Waals surface area contributed by atoms with E-state index >= 15 is 0 Å². The molecule has 37 heavy (non-hydrogen) atoms. The molecule has 0 saturated heterocycles. The third kappa shape index (κ3) is 4.87. The van der Waals surface area contributed by atoms with E-state index in [1.54, 1.807) is 22.7 Å². The molecule has 0 radical (unpaired) electrons. The highest BCUT2D eigenvalue weighted by molar-refractivity contribution is 7.07. The fourth-order valence-corrected chi connectivity index (χ4v) is 5.74. The van der Waals surface area contributed by atoms with Gasteiger partial charge in [-0.1, -0.05) is 29.5 Å². The van der Waals surface area contributed by atoms with Crippen molar-refractivity contribution in [3.8, 4) is 5.75 Å². The van der Waals surface area contributed by atoms with Crippen molar-refractivity contribution in [2.24, 2.45) is 4.99 Å². The molecule has 1 aromatic carbocycles. The van der Waals surface area contributed by atoms with E-state index in [0.717, 1.165) is 24.5 Å². The maximum Gasteiger partial charge on any atom is 0.271 e. The Morgan fingerprint density at radius 3 is 2.46 bits per heavy atom. The summed E-state index contributed by atoms with van der Waals surface area (Å²) in [6, 6.07) is 10.6. The van der Waals surface area contributed by atoms with Crippen LogP contribution in [0.15, 0.2) is 61.9 Å². The number of carbonyl (C=O) groups excluding carboxylic acids is 1. The van der Waals surface area contributed by atoms with Crippen LogP contribution in [0, 0.1) is 0 Å². The van der Waals surface area contributed by atoms with Gasteiger partial charge in [-0.05, 0) is 46.8 Å². The number of hydrogen-bond acceptors (Lipinski definition) is 7. The summed E-state index contributed by atoms with van der Waals surface area (Å²) in [5, 5.41) is 0. The molecule has 2 aromatic heterocycles. The molecule has 3 heterocycles. The highest BCUT2D eigenvalue weighted by atomic mass is 32.1. The predicted octanol–water partition coefficient (Wildman–Crippen LogP) is 3.55. The summed E-state index contributed by atoms with van der Waals surface area (Å²) in [5.41, 5.74) is 1.60. The van der Waals surface area contributed by atoms with E-state index in [1.165, 1.54) is 11.3 Å². The van der Waals surface area contributed by atoms with Gasteiger partial charge in [-0.25, -0.2) is 4.99 Å². The first-order valence-corrected chi connectivity index (χ1v) is 13.5. The summed E-state index contributed by atoms with van der Waals surface area (Å²) in [7, 11) is 1.59. The van der Waals surface area contributed by atoms with Gasteiger partial charge in [-0.15, -0.1) is 0 Å². The van der Waals surface area contributed by atoms with E-state index in [4.69, 9.17) is 14.1 Å². The number of benzene rings is 1. The zero-order valence-corrected chi connectivity index (χ0v) is 23.1. The Morgan fingerprint density at radius 1 is 1.11 bits per heavy atom. The van der Waals surface area contributed by atoms with Gasteiger partial charge < -0.3 is 19.0 Å². The number of furan rings is 1. The number of para-hydroxylation sites is 1. The van der Waals surface area contributed by atoms with Crippen LogP contribution < -0.4 is 24.5 Å². The van der Waals surface area contributed by atoms with Crippen LogP contribution in [0.4, 0.5) is 5.88 Å². The van der Waals surface area contributed by atoms with Crippen molar-refractivity contribution in [1.29, 1.82) is 0 Å². The SMILES string of the molecule is CCN(CC)C(=O)C1=C(C)N=c2s/c(=C/c3ccc(N(CC)CC)o3)c(=O)n2[C@H]1c1ccccc1OC. The number of methoxy groups -OCH3 is 1. The van der Waals surface area contributed by atoms with E-state index in [9.17, 15) is 9.59 Å². The second kappa shape index (κ2) is 11.2. The number of amides is 1. The number of fused-ring (bicyclic) bond motifs is 1. The Kier molecular flexibility index (Phi) is 8.02. The third-order valence-corrected chi connectivity index (χ3v) is 7.68. The molecule has 1 aliphatic heterocycles. The first-order valence-electron chi connectivity index (χ1n) is 12.7. The molecule has 1 aliphatic rings. The average molecular weight is 523 g/mol. The molecular formula is C28H34N4O4S. The predicted molar refractivity (Wildman–Crippen MR) is 147 cm³/mol. The summed E-state index contributed by atoms with van der Waals surface area (Å²) in [5.74, 6) is 1.83. The topological polar surface area (TPSA) is 80.3 Å². The summed E-state index contributed by atoms with van der Waals surface area (Å²) in [6.45, 7) is 12.6. The van der Waals surface area contributed by atoms with Crippen molar-refractivity contribution >= 4 is 29.2 Å². The number of carbonyl (C=O) groups is 1. The monoisotopic (exact) mass is 522 g/mol.